The van der Waals surface area contributed by atoms with Crippen LogP contribution in [0.4, 0.5) is 18.9 Å². The zero-order valence-corrected chi connectivity index (χ0v) is 12.3. The highest BCUT2D eigenvalue weighted by Gasteiger charge is 2.37. The second-order valence-corrected chi connectivity index (χ2v) is 6.67. The molecule has 112 valence electrons. The van der Waals surface area contributed by atoms with Gasteiger partial charge in [-0.1, -0.05) is 15.9 Å². The van der Waals surface area contributed by atoms with Crippen molar-refractivity contribution in [1.82, 2.24) is 4.31 Å². The van der Waals surface area contributed by atoms with E-state index < -0.39 is 38.3 Å². The Kier molecular flexibility index (Phi) is 4.77. The van der Waals surface area contributed by atoms with Gasteiger partial charge in [-0.05, 0) is 12.1 Å². The highest BCUT2D eigenvalue weighted by molar-refractivity contribution is 9.10. The Morgan fingerprint density at radius 3 is 2.40 bits per heavy atom. The molecule has 11 heteroatoms. The van der Waals surface area contributed by atoms with E-state index in [1.807, 2.05) is 0 Å². The number of sulfonamides is 1. The molecule has 0 N–H and O–H groups in total. The molecule has 0 spiro atoms. The fourth-order valence-corrected chi connectivity index (χ4v) is 3.20. The van der Waals surface area contributed by atoms with Crippen molar-refractivity contribution in [3.63, 3.8) is 0 Å². The van der Waals surface area contributed by atoms with Crippen LogP contribution >= 0.6 is 15.9 Å². The highest BCUT2D eigenvalue weighted by atomic mass is 79.9. The summed E-state index contributed by atoms with van der Waals surface area (Å²) < 4.78 is 60.9. The number of rotatable bonds is 4. The fraction of sp³-hybridized carbons (Fsp3) is 0.333. The SMILES string of the molecule is CN(CC(F)(F)F)S(=O)(=O)c1cc(Br)ccc1[N+](=O)[O-]. The summed E-state index contributed by atoms with van der Waals surface area (Å²) in [5.74, 6) is 0. The van der Waals surface area contributed by atoms with E-state index in [4.69, 9.17) is 0 Å². The molecule has 0 saturated heterocycles. The summed E-state index contributed by atoms with van der Waals surface area (Å²) in [5.41, 5.74) is -0.790. The summed E-state index contributed by atoms with van der Waals surface area (Å²) in [5, 5.41) is 10.8. The molecule has 6 nitrogen and oxygen atoms in total. The van der Waals surface area contributed by atoms with Gasteiger partial charge in [0.2, 0.25) is 10.0 Å². The molecule has 1 aromatic carbocycles. The molecule has 0 aliphatic carbocycles. The van der Waals surface area contributed by atoms with Gasteiger partial charge in [0.15, 0.2) is 4.90 Å². The van der Waals surface area contributed by atoms with Crippen molar-refractivity contribution in [3.8, 4) is 0 Å². The first-order valence-corrected chi connectivity index (χ1v) is 7.15. The number of benzene rings is 1. The Morgan fingerprint density at radius 2 is 1.95 bits per heavy atom. The second kappa shape index (κ2) is 5.66. The minimum absolute atomic E-state index is 0.0156. The predicted molar refractivity (Wildman–Crippen MR) is 66.7 cm³/mol. The minimum Gasteiger partial charge on any atom is -0.258 e. The molecule has 0 aliphatic heterocycles. The standard InChI is InChI=1S/C9H8BrF3N2O4S/c1-14(5-9(11,12)13)20(18,19)8-4-6(10)2-3-7(8)15(16)17/h2-4H,5H2,1H3. The van der Waals surface area contributed by atoms with Crippen molar-refractivity contribution in [2.24, 2.45) is 0 Å². The zero-order chi connectivity index (χ0) is 15.7. The molecule has 0 aromatic heterocycles. The molecule has 0 fully saturated rings. The van der Waals surface area contributed by atoms with Gasteiger partial charge in [-0.3, -0.25) is 10.1 Å². The Labute approximate surface area is 120 Å². The summed E-state index contributed by atoms with van der Waals surface area (Å²) in [6.45, 7) is -1.74. The molecule has 0 amide bonds. The summed E-state index contributed by atoms with van der Waals surface area (Å²) in [4.78, 5) is 9.00. The van der Waals surface area contributed by atoms with Crippen LogP contribution in [-0.2, 0) is 10.0 Å². The Balaban J connectivity index is 3.35. The van der Waals surface area contributed by atoms with Gasteiger partial charge in [0.1, 0.15) is 6.54 Å². The molecule has 20 heavy (non-hydrogen) atoms. The third-order valence-corrected chi connectivity index (χ3v) is 4.53. The zero-order valence-electron chi connectivity index (χ0n) is 9.89. The molecule has 1 aromatic rings. The first-order chi connectivity index (χ1) is 8.95. The first kappa shape index (κ1) is 16.9. The van der Waals surface area contributed by atoms with E-state index in [9.17, 15) is 31.7 Å². The summed E-state index contributed by atoms with van der Waals surface area (Å²) in [6, 6.07) is 3.01. The quantitative estimate of drug-likeness (QED) is 0.597. The van der Waals surface area contributed by atoms with E-state index in [1.165, 1.54) is 6.07 Å². The number of hydrogen-bond acceptors (Lipinski definition) is 4. The van der Waals surface area contributed by atoms with Gasteiger partial charge in [0, 0.05) is 17.6 Å². The van der Waals surface area contributed by atoms with Crippen LogP contribution in [0, 0.1) is 10.1 Å². The highest BCUT2D eigenvalue weighted by Crippen LogP contribution is 2.30. The first-order valence-electron chi connectivity index (χ1n) is 4.92. The van der Waals surface area contributed by atoms with Gasteiger partial charge in [-0.25, -0.2) is 8.42 Å². The summed E-state index contributed by atoms with van der Waals surface area (Å²) >= 11 is 2.92. The maximum absolute atomic E-state index is 12.2. The molecular weight excluding hydrogens is 369 g/mol. The number of hydrogen-bond donors (Lipinski definition) is 0. The van der Waals surface area contributed by atoms with Crippen LogP contribution in [0.5, 0.6) is 0 Å². The normalized spacial score (nSPS) is 12.7. The van der Waals surface area contributed by atoms with Crippen LogP contribution in [-0.4, -0.2) is 37.4 Å². The fourth-order valence-electron chi connectivity index (χ4n) is 1.35. The number of nitro groups is 1. The predicted octanol–water partition coefficient (Wildman–Crippen LogP) is 2.54. The van der Waals surface area contributed by atoms with E-state index in [1.54, 1.807) is 0 Å². The summed E-state index contributed by atoms with van der Waals surface area (Å²) in [7, 11) is -3.93. The van der Waals surface area contributed by atoms with E-state index in [2.05, 4.69) is 15.9 Å². The second-order valence-electron chi connectivity index (χ2n) is 3.75. The largest absolute Gasteiger partial charge is 0.402 e. The maximum atomic E-state index is 12.2. The lowest BCUT2D eigenvalue weighted by Crippen LogP contribution is -2.36. The average molecular weight is 377 g/mol. The van der Waals surface area contributed by atoms with Gasteiger partial charge < -0.3 is 0 Å². The van der Waals surface area contributed by atoms with Crippen LogP contribution in [0.2, 0.25) is 0 Å². The molecule has 0 radical (unpaired) electrons. The molecule has 0 heterocycles. The number of nitrogens with zero attached hydrogens (tertiary/aromatic N) is 2. The molecule has 1 rings (SSSR count). The lowest BCUT2D eigenvalue weighted by atomic mass is 10.3. The van der Waals surface area contributed by atoms with E-state index in [-0.39, 0.29) is 8.78 Å². The van der Waals surface area contributed by atoms with Crippen molar-refractivity contribution in [2.45, 2.75) is 11.1 Å². The van der Waals surface area contributed by atoms with Gasteiger partial charge in [-0.15, -0.1) is 0 Å². The molecule has 0 bridgehead atoms. The molecule has 0 unspecified atom stereocenters. The van der Waals surface area contributed by atoms with Crippen LogP contribution < -0.4 is 0 Å². The Hall–Kier alpha value is -1.20. The van der Waals surface area contributed by atoms with Crippen molar-refractivity contribution in [1.29, 1.82) is 0 Å². The lowest BCUT2D eigenvalue weighted by molar-refractivity contribution is -0.387. The smallest absolute Gasteiger partial charge is 0.258 e. The Bertz CT molecular complexity index is 633. The van der Waals surface area contributed by atoms with E-state index >= 15 is 0 Å². The summed E-state index contributed by atoms with van der Waals surface area (Å²) in [6.07, 6.45) is -4.75. The van der Waals surface area contributed by atoms with E-state index in [0.717, 1.165) is 12.1 Å². The van der Waals surface area contributed by atoms with E-state index in [0.29, 0.717) is 7.05 Å². The average Bonchev–Trinajstić information content (AvgIpc) is 2.25. The molecule has 0 atom stereocenters. The monoisotopic (exact) mass is 376 g/mol. The maximum Gasteiger partial charge on any atom is 0.402 e. The molecule has 0 saturated carbocycles. The topological polar surface area (TPSA) is 80.5 Å². The minimum atomic E-state index is -4.75. The molecular formula is C9H8BrF3N2O4S. The van der Waals surface area contributed by atoms with Crippen LogP contribution in [0.25, 0.3) is 0 Å². The van der Waals surface area contributed by atoms with Gasteiger partial charge >= 0.3 is 6.18 Å². The van der Waals surface area contributed by atoms with Crippen molar-refractivity contribution >= 4 is 31.6 Å². The third kappa shape index (κ3) is 3.90. The number of nitro benzene ring substituents is 1. The van der Waals surface area contributed by atoms with Crippen LogP contribution in [0.3, 0.4) is 0 Å². The van der Waals surface area contributed by atoms with Gasteiger partial charge in [0.25, 0.3) is 5.69 Å². The lowest BCUT2D eigenvalue weighted by Gasteiger charge is -2.18. The number of halogens is 4. The van der Waals surface area contributed by atoms with Crippen molar-refractivity contribution in [2.75, 3.05) is 13.6 Å². The van der Waals surface area contributed by atoms with Gasteiger partial charge in [0.05, 0.1) is 4.92 Å². The van der Waals surface area contributed by atoms with Crippen molar-refractivity contribution in [3.05, 3.63) is 32.8 Å². The number of alkyl halides is 3. The molecule has 0 aliphatic rings. The van der Waals surface area contributed by atoms with Crippen molar-refractivity contribution < 1.29 is 26.5 Å². The Morgan fingerprint density at radius 1 is 1.40 bits per heavy atom. The van der Waals surface area contributed by atoms with Crippen LogP contribution in [0.15, 0.2) is 27.6 Å². The third-order valence-electron chi connectivity index (χ3n) is 2.21. The van der Waals surface area contributed by atoms with Crippen LogP contribution in [0.1, 0.15) is 0 Å². The van der Waals surface area contributed by atoms with Gasteiger partial charge in [-0.2, -0.15) is 17.5 Å².